The first-order valence-electron chi connectivity index (χ1n) is 10.0. The van der Waals surface area contributed by atoms with Gasteiger partial charge >= 0.3 is 0 Å². The fourth-order valence-electron chi connectivity index (χ4n) is 2.70. The molecular formula is C22H26ClN5O3S. The molecule has 32 heavy (non-hydrogen) atoms. The van der Waals surface area contributed by atoms with Crippen LogP contribution in [0, 0.1) is 5.92 Å². The third kappa shape index (κ3) is 6.64. The van der Waals surface area contributed by atoms with Crippen molar-refractivity contribution >= 4 is 44.6 Å². The van der Waals surface area contributed by atoms with Gasteiger partial charge in [0.05, 0.1) is 17.6 Å². The Balaban J connectivity index is 1.86. The van der Waals surface area contributed by atoms with E-state index in [9.17, 15) is 8.42 Å². The van der Waals surface area contributed by atoms with E-state index in [1.54, 1.807) is 24.3 Å². The molecule has 3 rings (SSSR count). The van der Waals surface area contributed by atoms with Crippen LogP contribution in [-0.2, 0) is 21.4 Å². The molecule has 0 fully saturated rings. The van der Waals surface area contributed by atoms with E-state index in [1.807, 2.05) is 19.1 Å². The van der Waals surface area contributed by atoms with Crippen LogP contribution in [0.5, 0.6) is 0 Å². The average Bonchev–Trinajstić information content (AvgIpc) is 2.73. The summed E-state index contributed by atoms with van der Waals surface area (Å²) in [6.07, 6.45) is 1.44. The number of nitrogens with two attached hydrogens (primary N) is 1. The number of rotatable bonds is 9. The maximum Gasteiger partial charge on any atom is 0.238 e. The van der Waals surface area contributed by atoms with Gasteiger partial charge in [-0.3, -0.25) is 0 Å². The summed E-state index contributed by atoms with van der Waals surface area (Å²) in [5, 5.41) is 12.3. The van der Waals surface area contributed by atoms with Gasteiger partial charge in [0, 0.05) is 28.0 Å². The third-order valence-electron chi connectivity index (χ3n) is 4.90. The van der Waals surface area contributed by atoms with Crippen LogP contribution in [-0.4, -0.2) is 24.5 Å². The van der Waals surface area contributed by atoms with Crippen molar-refractivity contribution in [2.75, 3.05) is 10.6 Å². The van der Waals surface area contributed by atoms with Gasteiger partial charge in [0.1, 0.15) is 18.0 Å². The van der Waals surface area contributed by atoms with Crippen molar-refractivity contribution in [3.63, 3.8) is 0 Å². The first-order valence-corrected chi connectivity index (χ1v) is 11.9. The Hall–Kier alpha value is -2.72. The Kier molecular flexibility index (Phi) is 7.68. The smallest absolute Gasteiger partial charge is 0.238 e. The zero-order valence-electron chi connectivity index (χ0n) is 18.0. The number of hydrogen-bond acceptors (Lipinski definition) is 7. The number of anilines is 4. The Morgan fingerprint density at radius 3 is 2.28 bits per heavy atom. The lowest BCUT2D eigenvalue weighted by Crippen LogP contribution is -2.16. The number of hydrogen-bond donors (Lipinski definition) is 3. The number of ether oxygens (including phenoxy) is 1. The van der Waals surface area contributed by atoms with Crippen LogP contribution in [0.25, 0.3) is 0 Å². The van der Waals surface area contributed by atoms with E-state index < -0.39 is 10.0 Å². The lowest BCUT2D eigenvalue weighted by atomic mass is 10.1. The van der Waals surface area contributed by atoms with Gasteiger partial charge in [-0.05, 0) is 49.2 Å². The minimum absolute atomic E-state index is 0.00535. The highest BCUT2D eigenvalue weighted by Gasteiger charge is 2.15. The summed E-state index contributed by atoms with van der Waals surface area (Å²) in [4.78, 5) is 8.46. The first kappa shape index (κ1) is 23.9. The molecule has 0 spiro atoms. The molecule has 1 unspecified atom stereocenters. The van der Waals surface area contributed by atoms with E-state index in [-0.39, 0.29) is 11.0 Å². The number of halogens is 1. The molecule has 8 nitrogen and oxygen atoms in total. The number of benzene rings is 2. The maximum absolute atomic E-state index is 11.9. The Bertz CT molecular complexity index is 1170. The van der Waals surface area contributed by atoms with Crippen LogP contribution >= 0.6 is 11.6 Å². The summed E-state index contributed by atoms with van der Waals surface area (Å²) < 4.78 is 29.6. The standard InChI is InChI=1S/C22H26ClN5O3S/c1-14(2)15(3)31-12-16-4-9-19(32(24,29)30)10-20(16)28-22-11-21(25-13-26-22)27-18-7-5-17(23)6-8-18/h4-11,13-15H,12H2,1-3H3,(H2,24,29,30)(H2,25,26,27,28). The van der Waals surface area contributed by atoms with E-state index in [0.29, 0.717) is 34.9 Å². The van der Waals surface area contributed by atoms with Gasteiger partial charge in [-0.1, -0.05) is 31.5 Å². The van der Waals surface area contributed by atoms with Gasteiger partial charge in [-0.15, -0.1) is 0 Å². The molecule has 170 valence electrons. The van der Waals surface area contributed by atoms with Crippen molar-refractivity contribution in [3.05, 3.63) is 65.4 Å². The molecule has 0 aliphatic rings. The Labute approximate surface area is 193 Å². The number of sulfonamides is 1. The predicted octanol–water partition coefficient (Wildman–Crippen LogP) is 4.83. The highest BCUT2D eigenvalue weighted by Crippen LogP contribution is 2.26. The SMILES string of the molecule is CC(C)C(C)OCc1ccc(S(N)(=O)=O)cc1Nc1cc(Nc2ccc(Cl)cc2)ncn1. The molecular weight excluding hydrogens is 450 g/mol. The predicted molar refractivity (Wildman–Crippen MR) is 127 cm³/mol. The molecule has 0 aliphatic heterocycles. The van der Waals surface area contributed by atoms with Gasteiger partial charge in [0.2, 0.25) is 10.0 Å². The van der Waals surface area contributed by atoms with Gasteiger partial charge in [0.25, 0.3) is 0 Å². The number of nitrogens with zero attached hydrogens (tertiary/aromatic N) is 2. The maximum atomic E-state index is 11.9. The van der Waals surface area contributed by atoms with E-state index in [4.69, 9.17) is 21.5 Å². The number of primary sulfonamides is 1. The summed E-state index contributed by atoms with van der Waals surface area (Å²) in [6, 6.07) is 13.5. The number of nitrogens with one attached hydrogen (secondary N) is 2. The lowest BCUT2D eigenvalue weighted by Gasteiger charge is -2.19. The summed E-state index contributed by atoms with van der Waals surface area (Å²) >= 11 is 5.93. The molecule has 0 radical (unpaired) electrons. The minimum atomic E-state index is -3.87. The summed E-state index contributed by atoms with van der Waals surface area (Å²) in [7, 11) is -3.87. The topological polar surface area (TPSA) is 119 Å². The summed E-state index contributed by atoms with van der Waals surface area (Å²) in [6.45, 7) is 6.44. The third-order valence-corrected chi connectivity index (χ3v) is 6.06. The molecule has 1 atom stereocenters. The van der Waals surface area contributed by atoms with Crippen molar-refractivity contribution < 1.29 is 13.2 Å². The second-order valence-electron chi connectivity index (χ2n) is 7.67. The lowest BCUT2D eigenvalue weighted by molar-refractivity contribution is 0.0238. The first-order chi connectivity index (χ1) is 15.1. The van der Waals surface area contributed by atoms with E-state index in [2.05, 4.69) is 34.4 Å². The molecule has 2 aromatic carbocycles. The molecule has 0 aliphatic carbocycles. The molecule has 0 saturated carbocycles. The minimum Gasteiger partial charge on any atom is -0.373 e. The van der Waals surface area contributed by atoms with E-state index in [0.717, 1.165) is 11.3 Å². The second kappa shape index (κ2) is 10.3. The monoisotopic (exact) mass is 475 g/mol. The van der Waals surface area contributed by atoms with Crippen LogP contribution in [0.3, 0.4) is 0 Å². The Morgan fingerprint density at radius 1 is 1.00 bits per heavy atom. The van der Waals surface area contributed by atoms with Crippen LogP contribution in [0.15, 0.2) is 59.8 Å². The molecule has 0 bridgehead atoms. The highest BCUT2D eigenvalue weighted by molar-refractivity contribution is 7.89. The fourth-order valence-corrected chi connectivity index (χ4v) is 3.37. The molecule has 0 amide bonds. The van der Waals surface area contributed by atoms with E-state index in [1.165, 1.54) is 18.5 Å². The van der Waals surface area contributed by atoms with Gasteiger partial charge in [-0.2, -0.15) is 0 Å². The van der Waals surface area contributed by atoms with Crippen LogP contribution in [0.1, 0.15) is 26.3 Å². The Morgan fingerprint density at radius 2 is 1.66 bits per heavy atom. The molecule has 10 heteroatoms. The zero-order chi connectivity index (χ0) is 23.3. The van der Waals surface area contributed by atoms with Crippen LogP contribution in [0.2, 0.25) is 5.02 Å². The molecule has 1 aromatic heterocycles. The molecule has 1 heterocycles. The average molecular weight is 476 g/mol. The van der Waals surface area contributed by atoms with Crippen molar-refractivity contribution in [1.82, 2.24) is 9.97 Å². The molecule has 0 saturated heterocycles. The fraction of sp³-hybridized carbons (Fsp3) is 0.273. The number of aromatic nitrogens is 2. The van der Waals surface area contributed by atoms with Gasteiger partial charge < -0.3 is 15.4 Å². The zero-order valence-corrected chi connectivity index (χ0v) is 19.6. The van der Waals surface area contributed by atoms with Gasteiger partial charge in [-0.25, -0.2) is 23.5 Å². The normalized spacial score (nSPS) is 12.6. The van der Waals surface area contributed by atoms with Crippen molar-refractivity contribution in [3.8, 4) is 0 Å². The van der Waals surface area contributed by atoms with Crippen molar-refractivity contribution in [2.24, 2.45) is 11.1 Å². The van der Waals surface area contributed by atoms with Crippen molar-refractivity contribution in [2.45, 2.75) is 38.4 Å². The van der Waals surface area contributed by atoms with Gasteiger partial charge in [0.15, 0.2) is 0 Å². The largest absolute Gasteiger partial charge is 0.373 e. The van der Waals surface area contributed by atoms with Crippen molar-refractivity contribution in [1.29, 1.82) is 0 Å². The van der Waals surface area contributed by atoms with E-state index >= 15 is 0 Å². The van der Waals surface area contributed by atoms with Crippen LogP contribution < -0.4 is 15.8 Å². The van der Waals surface area contributed by atoms with Crippen LogP contribution in [0.4, 0.5) is 23.0 Å². The quantitative estimate of drug-likeness (QED) is 0.405. The molecule has 3 aromatic rings. The second-order valence-corrected chi connectivity index (χ2v) is 9.67. The summed E-state index contributed by atoms with van der Waals surface area (Å²) in [5.74, 6) is 1.37. The highest BCUT2D eigenvalue weighted by atomic mass is 35.5. The summed E-state index contributed by atoms with van der Waals surface area (Å²) in [5.41, 5.74) is 2.12. The molecule has 4 N–H and O–H groups in total.